The van der Waals surface area contributed by atoms with Gasteiger partial charge in [0.15, 0.2) is 0 Å². The van der Waals surface area contributed by atoms with E-state index in [2.05, 4.69) is 24.3 Å². The average Bonchev–Trinajstić information content (AvgIpc) is 2.21. The highest BCUT2D eigenvalue weighted by Crippen LogP contribution is 2.08. The van der Waals surface area contributed by atoms with Gasteiger partial charge in [-0.15, -0.1) is 0 Å². The Morgan fingerprint density at radius 2 is 1.71 bits per heavy atom. The molecule has 0 bridgehead atoms. The smallest absolute Gasteiger partial charge is 0.115 e. The van der Waals surface area contributed by atoms with Crippen molar-refractivity contribution in [2.24, 2.45) is 0 Å². The maximum absolute atomic E-state index is 8.81. The minimum absolute atomic E-state index is 0.338. The summed E-state index contributed by atoms with van der Waals surface area (Å²) >= 11 is 0. The van der Waals surface area contributed by atoms with Crippen LogP contribution in [0.2, 0.25) is 0 Å². The Labute approximate surface area is 85.4 Å². The third-order valence-electron chi connectivity index (χ3n) is 1.88. The van der Waals surface area contributed by atoms with E-state index < -0.39 is 0 Å². The molecule has 0 saturated carbocycles. The molecule has 0 spiro atoms. The molecule has 0 heterocycles. The minimum Gasteiger partial charge on any atom is -0.508 e. The lowest BCUT2D eigenvalue weighted by atomic mass is 10.2. The quantitative estimate of drug-likeness (QED) is 0.659. The lowest BCUT2D eigenvalue weighted by Gasteiger charge is -1.89. The number of aromatic hydroxyl groups is 1. The molecule has 0 fully saturated rings. The molecule has 1 aliphatic rings. The summed E-state index contributed by atoms with van der Waals surface area (Å²) in [6.45, 7) is 1.94. The highest BCUT2D eigenvalue weighted by molar-refractivity contribution is 5.25. The van der Waals surface area contributed by atoms with Gasteiger partial charge in [0.2, 0.25) is 0 Å². The second-order valence-corrected chi connectivity index (χ2v) is 3.27. The first-order chi connectivity index (χ1) is 6.79. The van der Waals surface area contributed by atoms with Crippen LogP contribution in [0.15, 0.2) is 48.6 Å². The zero-order valence-electron chi connectivity index (χ0n) is 8.48. The summed E-state index contributed by atoms with van der Waals surface area (Å²) < 4.78 is 0. The molecule has 0 unspecified atom stereocenters. The van der Waals surface area contributed by atoms with Crippen LogP contribution in [-0.2, 0) is 0 Å². The summed E-state index contributed by atoms with van der Waals surface area (Å²) in [6.07, 6.45) is 11.0. The van der Waals surface area contributed by atoms with Gasteiger partial charge in [-0.3, -0.25) is 0 Å². The third kappa shape index (κ3) is 4.51. The largest absolute Gasteiger partial charge is 0.508 e. The number of hydrogen-bond acceptors (Lipinski definition) is 1. The van der Waals surface area contributed by atoms with Crippen LogP contribution in [0.5, 0.6) is 5.75 Å². The minimum atomic E-state index is 0.338. The van der Waals surface area contributed by atoms with Crippen LogP contribution in [0.4, 0.5) is 0 Å². The second kappa shape index (κ2) is 6.03. The van der Waals surface area contributed by atoms with Crippen molar-refractivity contribution in [3.8, 4) is 5.75 Å². The number of phenols is 1. The Morgan fingerprint density at radius 1 is 1.07 bits per heavy atom. The maximum Gasteiger partial charge on any atom is 0.115 e. The average molecular weight is 188 g/mol. The summed E-state index contributed by atoms with van der Waals surface area (Å²) in [7, 11) is 0. The Bertz CT molecular complexity index is 295. The van der Waals surface area contributed by atoms with Crippen LogP contribution in [0.1, 0.15) is 18.4 Å². The predicted octanol–water partition coefficient (Wildman–Crippen LogP) is 3.59. The van der Waals surface area contributed by atoms with Gasteiger partial charge in [0.05, 0.1) is 0 Å². The zero-order valence-corrected chi connectivity index (χ0v) is 8.48. The predicted molar refractivity (Wildman–Crippen MR) is 60.4 cm³/mol. The van der Waals surface area contributed by atoms with Crippen molar-refractivity contribution in [3.63, 3.8) is 0 Å². The monoisotopic (exact) mass is 188 g/mol. The van der Waals surface area contributed by atoms with Crippen molar-refractivity contribution >= 4 is 0 Å². The fourth-order valence-electron chi connectivity index (χ4n) is 1.17. The highest BCUT2D eigenvalue weighted by atomic mass is 16.3. The van der Waals surface area contributed by atoms with E-state index >= 15 is 0 Å². The van der Waals surface area contributed by atoms with Crippen molar-refractivity contribution in [2.45, 2.75) is 19.8 Å². The first kappa shape index (κ1) is 10.6. The summed E-state index contributed by atoms with van der Waals surface area (Å²) in [6, 6.07) is 7.15. The molecule has 0 radical (unpaired) electrons. The lowest BCUT2D eigenvalue weighted by Crippen LogP contribution is -1.67. The van der Waals surface area contributed by atoms with E-state index in [0.717, 1.165) is 5.56 Å². The Morgan fingerprint density at radius 3 is 2.00 bits per heavy atom. The number of benzene rings is 1. The molecule has 1 aliphatic carbocycles. The molecule has 0 atom stereocenters. The molecular formula is C13H16O. The first-order valence-corrected chi connectivity index (χ1v) is 4.86. The summed E-state index contributed by atoms with van der Waals surface area (Å²) in [5, 5.41) is 8.81. The Hall–Kier alpha value is -1.50. The molecule has 1 N–H and O–H groups in total. The fourth-order valence-corrected chi connectivity index (χ4v) is 1.17. The van der Waals surface area contributed by atoms with Crippen LogP contribution < -0.4 is 0 Å². The maximum atomic E-state index is 8.81. The van der Waals surface area contributed by atoms with Gasteiger partial charge in [-0.2, -0.15) is 0 Å². The molecule has 1 nitrogen and oxygen atoms in total. The zero-order chi connectivity index (χ0) is 10.2. The molecule has 0 aromatic heterocycles. The number of aryl methyl sites for hydroxylation is 1. The normalized spacial score (nSPS) is 13.2. The van der Waals surface area contributed by atoms with Crippen LogP contribution in [0, 0.1) is 6.92 Å². The number of phenolic OH excluding ortho intramolecular Hbond substituents is 1. The van der Waals surface area contributed by atoms with E-state index in [1.807, 2.05) is 19.1 Å². The van der Waals surface area contributed by atoms with E-state index in [4.69, 9.17) is 5.11 Å². The van der Waals surface area contributed by atoms with Gasteiger partial charge in [-0.25, -0.2) is 0 Å². The van der Waals surface area contributed by atoms with Crippen molar-refractivity contribution in [3.05, 3.63) is 54.1 Å². The molecule has 0 aliphatic heterocycles. The van der Waals surface area contributed by atoms with E-state index in [1.165, 1.54) is 12.8 Å². The molecule has 74 valence electrons. The van der Waals surface area contributed by atoms with Gasteiger partial charge < -0.3 is 5.11 Å². The summed E-state index contributed by atoms with van der Waals surface area (Å²) in [5.74, 6) is 0.338. The van der Waals surface area contributed by atoms with Crippen LogP contribution in [-0.4, -0.2) is 5.11 Å². The van der Waals surface area contributed by atoms with Gasteiger partial charge in [-0.1, -0.05) is 36.4 Å². The first-order valence-electron chi connectivity index (χ1n) is 4.86. The Kier molecular flexibility index (Phi) is 4.56. The summed E-state index contributed by atoms with van der Waals surface area (Å²) in [4.78, 5) is 0. The number of hydrogen-bond donors (Lipinski definition) is 1. The number of rotatable bonds is 0. The standard InChI is InChI=1S/C7H8O.C6H8/c1-6-3-2-4-7(8)5-6;1-2-4-6-5-3-1/h2-5,8H,1H3;1-4H,5-6H2. The molecule has 14 heavy (non-hydrogen) atoms. The van der Waals surface area contributed by atoms with E-state index in [-0.39, 0.29) is 0 Å². The molecule has 2 rings (SSSR count). The lowest BCUT2D eigenvalue weighted by molar-refractivity contribution is 0.475. The second-order valence-electron chi connectivity index (χ2n) is 3.27. The van der Waals surface area contributed by atoms with Gasteiger partial charge in [0.1, 0.15) is 5.75 Å². The van der Waals surface area contributed by atoms with Crippen molar-refractivity contribution in [1.82, 2.24) is 0 Å². The molecule has 1 aromatic carbocycles. The van der Waals surface area contributed by atoms with E-state index in [0.29, 0.717) is 5.75 Å². The van der Waals surface area contributed by atoms with Gasteiger partial charge in [-0.05, 0) is 37.5 Å². The van der Waals surface area contributed by atoms with E-state index in [1.54, 1.807) is 12.1 Å². The van der Waals surface area contributed by atoms with Crippen molar-refractivity contribution in [2.75, 3.05) is 0 Å². The summed E-state index contributed by atoms with van der Waals surface area (Å²) in [5.41, 5.74) is 1.09. The molecule has 1 aromatic rings. The fraction of sp³-hybridized carbons (Fsp3) is 0.231. The molecule has 1 heteroatoms. The highest BCUT2D eigenvalue weighted by Gasteiger charge is 1.83. The molecule has 0 amide bonds. The van der Waals surface area contributed by atoms with Crippen molar-refractivity contribution < 1.29 is 5.11 Å². The topological polar surface area (TPSA) is 20.2 Å². The third-order valence-corrected chi connectivity index (χ3v) is 1.88. The number of allylic oxidation sites excluding steroid dienone is 4. The SMILES string of the molecule is C1=CCCC=C1.Cc1cccc(O)c1. The Balaban J connectivity index is 0.000000146. The van der Waals surface area contributed by atoms with Crippen LogP contribution in [0.25, 0.3) is 0 Å². The van der Waals surface area contributed by atoms with Crippen molar-refractivity contribution in [1.29, 1.82) is 0 Å². The van der Waals surface area contributed by atoms with E-state index in [9.17, 15) is 0 Å². The van der Waals surface area contributed by atoms with Gasteiger partial charge in [0.25, 0.3) is 0 Å². The molecule has 0 saturated heterocycles. The van der Waals surface area contributed by atoms with Gasteiger partial charge >= 0.3 is 0 Å². The molecular weight excluding hydrogens is 172 g/mol. The van der Waals surface area contributed by atoms with Crippen LogP contribution >= 0.6 is 0 Å². The van der Waals surface area contributed by atoms with Gasteiger partial charge in [0, 0.05) is 0 Å². The van der Waals surface area contributed by atoms with Crippen LogP contribution in [0.3, 0.4) is 0 Å².